The first-order valence-corrected chi connectivity index (χ1v) is 7.30. The van der Waals surface area contributed by atoms with Crippen molar-refractivity contribution in [3.05, 3.63) is 29.8 Å². The summed E-state index contributed by atoms with van der Waals surface area (Å²) in [7, 11) is 0. The molecule has 1 atom stereocenters. The molecule has 1 aromatic rings. The molecule has 1 saturated carbocycles. The molecule has 0 aromatic heterocycles. The van der Waals surface area contributed by atoms with E-state index in [-0.39, 0.29) is 12.1 Å². The van der Waals surface area contributed by atoms with Gasteiger partial charge in [-0.1, -0.05) is 25.0 Å². The third-order valence-corrected chi connectivity index (χ3v) is 4.00. The molecule has 1 unspecified atom stereocenters. The van der Waals surface area contributed by atoms with Crippen LogP contribution < -0.4 is 10.1 Å². The second-order valence-electron chi connectivity index (χ2n) is 5.57. The molecule has 2 rings (SSSR count). The molecule has 2 N–H and O–H groups in total. The van der Waals surface area contributed by atoms with Crippen LogP contribution in [0.3, 0.4) is 0 Å². The third-order valence-electron chi connectivity index (χ3n) is 4.00. The molecule has 1 aliphatic carbocycles. The van der Waals surface area contributed by atoms with E-state index in [9.17, 15) is 5.11 Å². The molecular weight excluding hydrogens is 238 g/mol. The molecule has 19 heavy (non-hydrogen) atoms. The van der Waals surface area contributed by atoms with Gasteiger partial charge in [0.15, 0.2) is 0 Å². The van der Waals surface area contributed by atoms with Gasteiger partial charge < -0.3 is 15.2 Å². The number of nitrogens with one attached hydrogen (secondary N) is 1. The van der Waals surface area contributed by atoms with E-state index in [0.29, 0.717) is 12.6 Å². The number of benzene rings is 1. The molecule has 0 amide bonds. The predicted molar refractivity (Wildman–Crippen MR) is 77.4 cm³/mol. The Morgan fingerprint density at radius 2 is 1.89 bits per heavy atom. The van der Waals surface area contributed by atoms with Gasteiger partial charge in [-0.25, -0.2) is 0 Å². The van der Waals surface area contributed by atoms with Gasteiger partial charge in [-0.15, -0.1) is 0 Å². The summed E-state index contributed by atoms with van der Waals surface area (Å²) >= 11 is 0. The van der Waals surface area contributed by atoms with Gasteiger partial charge in [0.2, 0.25) is 0 Å². The molecule has 0 spiro atoms. The standard InChI is InChI=1S/C16H25NO2/c1-3-19-15-10-8-13(9-11-15)16(2,12-18)17-14-6-4-5-7-14/h8-11,14,17-18H,3-7,12H2,1-2H3. The minimum absolute atomic E-state index is 0.109. The third kappa shape index (κ3) is 3.48. The van der Waals surface area contributed by atoms with Crippen molar-refractivity contribution in [3.63, 3.8) is 0 Å². The van der Waals surface area contributed by atoms with Crippen molar-refractivity contribution in [2.24, 2.45) is 0 Å². The summed E-state index contributed by atoms with van der Waals surface area (Å²) < 4.78 is 5.46. The Hall–Kier alpha value is -1.06. The molecule has 1 fully saturated rings. The number of aliphatic hydroxyl groups excluding tert-OH is 1. The van der Waals surface area contributed by atoms with Crippen LogP contribution >= 0.6 is 0 Å². The highest BCUT2D eigenvalue weighted by atomic mass is 16.5. The molecule has 0 radical (unpaired) electrons. The summed E-state index contributed by atoms with van der Waals surface area (Å²) in [6.45, 7) is 4.84. The smallest absolute Gasteiger partial charge is 0.119 e. The molecule has 106 valence electrons. The summed E-state index contributed by atoms with van der Waals surface area (Å²) in [5, 5.41) is 13.4. The molecule has 0 aliphatic heterocycles. The van der Waals surface area contributed by atoms with Crippen molar-refractivity contribution in [2.75, 3.05) is 13.2 Å². The molecule has 0 saturated heterocycles. The van der Waals surface area contributed by atoms with Crippen molar-refractivity contribution in [1.82, 2.24) is 5.32 Å². The second-order valence-corrected chi connectivity index (χ2v) is 5.57. The number of hydrogen-bond donors (Lipinski definition) is 2. The van der Waals surface area contributed by atoms with Crippen LogP contribution in [0.5, 0.6) is 5.75 Å². The summed E-state index contributed by atoms with van der Waals surface area (Å²) in [6, 6.07) is 8.57. The second kappa shape index (κ2) is 6.40. The van der Waals surface area contributed by atoms with Crippen molar-refractivity contribution in [3.8, 4) is 5.75 Å². The highest BCUT2D eigenvalue weighted by Gasteiger charge is 2.29. The monoisotopic (exact) mass is 263 g/mol. The van der Waals surface area contributed by atoms with Gasteiger partial charge in [0.05, 0.1) is 18.8 Å². The zero-order chi connectivity index (χ0) is 13.7. The molecular formula is C16H25NO2. The van der Waals surface area contributed by atoms with Gasteiger partial charge in [-0.05, 0) is 44.4 Å². The Bertz CT molecular complexity index is 384. The first-order valence-electron chi connectivity index (χ1n) is 7.30. The van der Waals surface area contributed by atoms with E-state index in [2.05, 4.69) is 12.2 Å². The molecule has 0 bridgehead atoms. The summed E-state index contributed by atoms with van der Waals surface area (Å²) in [5.41, 5.74) is 0.755. The summed E-state index contributed by atoms with van der Waals surface area (Å²) in [5.74, 6) is 0.882. The quantitative estimate of drug-likeness (QED) is 0.829. The lowest BCUT2D eigenvalue weighted by Crippen LogP contribution is -2.47. The molecule has 0 heterocycles. The lowest BCUT2D eigenvalue weighted by molar-refractivity contribution is 0.161. The van der Waals surface area contributed by atoms with Crippen LogP contribution in [0.2, 0.25) is 0 Å². The van der Waals surface area contributed by atoms with Crippen molar-refractivity contribution < 1.29 is 9.84 Å². The van der Waals surface area contributed by atoms with Gasteiger partial charge in [0.25, 0.3) is 0 Å². The van der Waals surface area contributed by atoms with Gasteiger partial charge >= 0.3 is 0 Å². The average Bonchev–Trinajstić information content (AvgIpc) is 2.92. The first-order chi connectivity index (χ1) is 9.18. The molecule has 1 aliphatic rings. The van der Waals surface area contributed by atoms with E-state index < -0.39 is 0 Å². The van der Waals surface area contributed by atoms with Gasteiger partial charge in [-0.3, -0.25) is 0 Å². The molecule has 3 heteroatoms. The minimum atomic E-state index is -0.361. The maximum Gasteiger partial charge on any atom is 0.119 e. The Kier molecular flexibility index (Phi) is 4.83. The fourth-order valence-electron chi connectivity index (χ4n) is 2.83. The number of rotatable bonds is 6. The topological polar surface area (TPSA) is 41.5 Å². The van der Waals surface area contributed by atoms with Crippen LogP contribution in [0.1, 0.15) is 45.1 Å². The van der Waals surface area contributed by atoms with Crippen LogP contribution in [0.15, 0.2) is 24.3 Å². The van der Waals surface area contributed by atoms with Gasteiger partial charge in [0.1, 0.15) is 5.75 Å². The SMILES string of the molecule is CCOc1ccc(C(C)(CO)NC2CCCC2)cc1. The van der Waals surface area contributed by atoms with Crippen molar-refractivity contribution in [1.29, 1.82) is 0 Å². The Morgan fingerprint density at radius 3 is 2.42 bits per heavy atom. The largest absolute Gasteiger partial charge is 0.494 e. The number of ether oxygens (including phenoxy) is 1. The lowest BCUT2D eigenvalue weighted by atomic mass is 9.91. The Balaban J connectivity index is 2.09. The van der Waals surface area contributed by atoms with E-state index in [1.54, 1.807) is 0 Å². The predicted octanol–water partition coefficient (Wildman–Crippen LogP) is 2.83. The van der Waals surface area contributed by atoms with E-state index in [1.807, 2.05) is 31.2 Å². The zero-order valence-electron chi connectivity index (χ0n) is 12.0. The maximum absolute atomic E-state index is 9.78. The lowest BCUT2D eigenvalue weighted by Gasteiger charge is -2.33. The number of aliphatic hydroxyl groups is 1. The average molecular weight is 263 g/mol. The highest BCUT2D eigenvalue weighted by molar-refractivity contribution is 5.32. The fourth-order valence-corrected chi connectivity index (χ4v) is 2.83. The molecule has 3 nitrogen and oxygen atoms in total. The fraction of sp³-hybridized carbons (Fsp3) is 0.625. The van der Waals surface area contributed by atoms with Crippen LogP contribution in [0.25, 0.3) is 0 Å². The summed E-state index contributed by atoms with van der Waals surface area (Å²) in [6.07, 6.45) is 5.02. The first kappa shape index (κ1) is 14.4. The van der Waals surface area contributed by atoms with Crippen molar-refractivity contribution >= 4 is 0 Å². The van der Waals surface area contributed by atoms with Gasteiger partial charge in [0, 0.05) is 6.04 Å². The van der Waals surface area contributed by atoms with Crippen LogP contribution in [-0.2, 0) is 5.54 Å². The van der Waals surface area contributed by atoms with E-state index in [4.69, 9.17) is 4.74 Å². The van der Waals surface area contributed by atoms with E-state index in [1.165, 1.54) is 25.7 Å². The normalized spacial score (nSPS) is 19.3. The highest BCUT2D eigenvalue weighted by Crippen LogP contribution is 2.27. The van der Waals surface area contributed by atoms with Gasteiger partial charge in [-0.2, -0.15) is 0 Å². The van der Waals surface area contributed by atoms with Crippen LogP contribution in [0, 0.1) is 0 Å². The van der Waals surface area contributed by atoms with Crippen LogP contribution in [-0.4, -0.2) is 24.4 Å². The van der Waals surface area contributed by atoms with Crippen molar-refractivity contribution in [2.45, 2.75) is 51.1 Å². The maximum atomic E-state index is 9.78. The van der Waals surface area contributed by atoms with E-state index in [0.717, 1.165) is 11.3 Å². The number of hydrogen-bond acceptors (Lipinski definition) is 3. The van der Waals surface area contributed by atoms with E-state index >= 15 is 0 Å². The zero-order valence-corrected chi connectivity index (χ0v) is 12.0. The van der Waals surface area contributed by atoms with Crippen LogP contribution in [0.4, 0.5) is 0 Å². The molecule has 1 aromatic carbocycles. The Morgan fingerprint density at radius 1 is 1.26 bits per heavy atom. The summed E-state index contributed by atoms with van der Waals surface area (Å²) in [4.78, 5) is 0. The Labute approximate surface area is 116 Å². The minimum Gasteiger partial charge on any atom is -0.494 e.